The number of piperidine rings is 1. The fraction of sp³-hybridized carbons (Fsp3) is 0.444. The van der Waals surface area contributed by atoms with Crippen LogP contribution in [0.25, 0.3) is 22.2 Å². The number of pyridine rings is 1. The average Bonchev–Trinajstić information content (AvgIpc) is 3.51. The summed E-state index contributed by atoms with van der Waals surface area (Å²) in [6, 6.07) is 7.06. The minimum atomic E-state index is -1.41. The van der Waals surface area contributed by atoms with Crippen molar-refractivity contribution >= 4 is 16.9 Å². The summed E-state index contributed by atoms with van der Waals surface area (Å²) in [6.45, 7) is 7.17. The summed E-state index contributed by atoms with van der Waals surface area (Å²) in [7, 11) is 0. The molecule has 2 aliphatic heterocycles. The molecular weight excluding hydrogens is 445 g/mol. The maximum absolute atomic E-state index is 15.8. The monoisotopic (exact) mass is 475 g/mol. The number of aromatic nitrogens is 2. The lowest BCUT2D eigenvalue weighted by Crippen LogP contribution is -2.58. The number of carbonyl (C=O) groups excluding carboxylic acids is 1. The molecule has 0 spiro atoms. The number of halogens is 1. The maximum atomic E-state index is 15.8. The molecule has 4 atom stereocenters. The molecule has 0 aliphatic carbocycles. The van der Waals surface area contributed by atoms with Crippen molar-refractivity contribution in [1.82, 2.24) is 20.2 Å². The zero-order valence-corrected chi connectivity index (χ0v) is 20.2. The van der Waals surface area contributed by atoms with Gasteiger partial charge in [0.15, 0.2) is 0 Å². The molecule has 0 saturated carbocycles. The van der Waals surface area contributed by atoms with E-state index >= 15 is 4.39 Å². The standard InChI is InChI=1S/C27H30FN5O2/c1-15-9-18(20-6-8-31-25-23(20)19(11-29)12-32-25)10-21(28)24(15)27(35)16(2)13-33(14-17(27)3)26(34)22-5-4-7-30-22/h6,8-10,12,16-17,22,30,35H,4-5,7,13-14H2,1-3H3,(H,31,32)/t16-,17+,22-,27?/m0/s1. The summed E-state index contributed by atoms with van der Waals surface area (Å²) in [5.41, 5.74) is 1.85. The second-order valence-corrected chi connectivity index (χ2v) is 10.1. The van der Waals surface area contributed by atoms with Gasteiger partial charge < -0.3 is 20.3 Å². The van der Waals surface area contributed by atoms with Gasteiger partial charge in [0.25, 0.3) is 0 Å². The van der Waals surface area contributed by atoms with Gasteiger partial charge >= 0.3 is 0 Å². The number of H-pyrrole nitrogens is 1. The van der Waals surface area contributed by atoms with Gasteiger partial charge in [-0.25, -0.2) is 9.37 Å². The molecule has 2 saturated heterocycles. The van der Waals surface area contributed by atoms with Crippen LogP contribution in [0.15, 0.2) is 30.6 Å². The van der Waals surface area contributed by atoms with E-state index in [1.807, 2.05) is 24.8 Å². The Bertz CT molecular complexity index is 1300. The van der Waals surface area contributed by atoms with Crippen LogP contribution >= 0.6 is 0 Å². The second-order valence-electron chi connectivity index (χ2n) is 10.1. The highest BCUT2D eigenvalue weighted by molar-refractivity contribution is 5.97. The Morgan fingerprint density at radius 3 is 2.69 bits per heavy atom. The number of benzene rings is 1. The summed E-state index contributed by atoms with van der Waals surface area (Å²) in [5, 5.41) is 25.3. The molecule has 2 aliphatic rings. The van der Waals surface area contributed by atoms with Gasteiger partial charge in [-0.05, 0) is 55.1 Å². The van der Waals surface area contributed by atoms with E-state index in [1.54, 1.807) is 25.4 Å². The first-order valence-corrected chi connectivity index (χ1v) is 12.2. The smallest absolute Gasteiger partial charge is 0.239 e. The Labute approximate surface area is 204 Å². The van der Waals surface area contributed by atoms with Crippen molar-refractivity contribution in [1.29, 1.82) is 5.26 Å². The number of nitrogens with zero attached hydrogens (tertiary/aromatic N) is 3. The number of carbonyl (C=O) groups is 1. The van der Waals surface area contributed by atoms with Crippen molar-refractivity contribution in [3.63, 3.8) is 0 Å². The van der Waals surface area contributed by atoms with Crippen LogP contribution in [0, 0.1) is 35.9 Å². The molecule has 3 aromatic rings. The molecule has 182 valence electrons. The third kappa shape index (κ3) is 3.70. The van der Waals surface area contributed by atoms with Gasteiger partial charge in [-0.3, -0.25) is 4.79 Å². The van der Waals surface area contributed by atoms with Crippen LogP contribution in [0.2, 0.25) is 0 Å². The van der Waals surface area contributed by atoms with Crippen molar-refractivity contribution in [2.24, 2.45) is 11.8 Å². The first kappa shape index (κ1) is 23.5. The molecule has 2 aromatic heterocycles. The SMILES string of the molecule is Cc1cc(-c2ccnc3[nH]cc(C#N)c23)cc(F)c1C1(O)[C@H](C)CN(C(=O)[C@@H]2CCCN2)C[C@@H]1C. The van der Waals surface area contributed by atoms with Gasteiger partial charge in [-0.2, -0.15) is 5.26 Å². The molecule has 1 aromatic carbocycles. The van der Waals surface area contributed by atoms with Crippen molar-refractivity contribution < 1.29 is 14.3 Å². The molecule has 8 heteroatoms. The van der Waals surface area contributed by atoms with E-state index in [0.717, 1.165) is 19.4 Å². The summed E-state index contributed by atoms with van der Waals surface area (Å²) in [4.78, 5) is 22.1. The zero-order chi connectivity index (χ0) is 24.9. The number of nitrogens with one attached hydrogen (secondary N) is 2. The number of rotatable bonds is 3. The minimum Gasteiger partial charge on any atom is -0.384 e. The Balaban J connectivity index is 1.51. The van der Waals surface area contributed by atoms with Crippen molar-refractivity contribution in [2.75, 3.05) is 19.6 Å². The number of amides is 1. The summed E-state index contributed by atoms with van der Waals surface area (Å²) < 4.78 is 15.8. The van der Waals surface area contributed by atoms with Crippen molar-refractivity contribution in [3.05, 3.63) is 53.1 Å². The van der Waals surface area contributed by atoms with E-state index in [1.165, 1.54) is 6.07 Å². The van der Waals surface area contributed by atoms with E-state index in [9.17, 15) is 15.2 Å². The molecule has 2 fully saturated rings. The molecule has 7 nitrogen and oxygen atoms in total. The highest BCUT2D eigenvalue weighted by Gasteiger charge is 2.49. The molecule has 35 heavy (non-hydrogen) atoms. The van der Waals surface area contributed by atoms with Gasteiger partial charge in [0.05, 0.1) is 11.6 Å². The first-order valence-electron chi connectivity index (χ1n) is 12.2. The Morgan fingerprint density at radius 1 is 1.31 bits per heavy atom. The van der Waals surface area contributed by atoms with Gasteiger partial charge in [-0.15, -0.1) is 0 Å². The lowest BCUT2D eigenvalue weighted by molar-refractivity contribution is -0.151. The molecular formula is C27H30FN5O2. The topological polar surface area (TPSA) is 105 Å². The molecule has 5 rings (SSSR count). The molecule has 4 heterocycles. The number of aromatic amines is 1. The van der Waals surface area contributed by atoms with Gasteiger partial charge in [0.1, 0.15) is 23.1 Å². The fourth-order valence-electron chi connectivity index (χ4n) is 6.08. The summed E-state index contributed by atoms with van der Waals surface area (Å²) in [5.74, 6) is -1.12. The van der Waals surface area contributed by atoms with Crippen LogP contribution in [0.1, 0.15) is 43.4 Å². The predicted octanol–water partition coefficient (Wildman–Crippen LogP) is 3.60. The van der Waals surface area contributed by atoms with Crippen LogP contribution in [0.3, 0.4) is 0 Å². The molecule has 3 N–H and O–H groups in total. The Hall–Kier alpha value is -3.28. The number of likely N-dealkylation sites (tertiary alicyclic amines) is 1. The van der Waals surface area contributed by atoms with Crippen LogP contribution < -0.4 is 5.32 Å². The largest absolute Gasteiger partial charge is 0.384 e. The van der Waals surface area contributed by atoms with E-state index in [2.05, 4.69) is 21.4 Å². The third-order valence-electron chi connectivity index (χ3n) is 7.85. The lowest BCUT2D eigenvalue weighted by atomic mass is 9.69. The minimum absolute atomic E-state index is 0.0669. The fourth-order valence-corrected chi connectivity index (χ4v) is 6.08. The van der Waals surface area contributed by atoms with Gasteiger partial charge in [-0.1, -0.05) is 19.9 Å². The molecule has 1 amide bonds. The van der Waals surface area contributed by atoms with Crippen LogP contribution in [-0.2, 0) is 10.4 Å². The van der Waals surface area contributed by atoms with E-state index < -0.39 is 11.4 Å². The number of fused-ring (bicyclic) bond motifs is 1. The van der Waals surface area contributed by atoms with Crippen LogP contribution in [0.5, 0.6) is 0 Å². The second kappa shape index (κ2) is 8.74. The summed E-state index contributed by atoms with van der Waals surface area (Å²) >= 11 is 0. The van der Waals surface area contributed by atoms with E-state index in [0.29, 0.717) is 46.4 Å². The third-order valence-corrected chi connectivity index (χ3v) is 7.85. The highest BCUT2D eigenvalue weighted by Crippen LogP contribution is 2.45. The number of hydrogen-bond donors (Lipinski definition) is 3. The normalized spacial score (nSPS) is 26.7. The van der Waals surface area contributed by atoms with E-state index in [4.69, 9.17) is 0 Å². The van der Waals surface area contributed by atoms with Crippen molar-refractivity contribution in [2.45, 2.75) is 45.3 Å². The molecule has 1 unspecified atom stereocenters. The first-order chi connectivity index (χ1) is 16.8. The Kier molecular flexibility index (Phi) is 5.86. The quantitative estimate of drug-likeness (QED) is 0.537. The highest BCUT2D eigenvalue weighted by atomic mass is 19.1. The Morgan fingerprint density at radius 2 is 2.06 bits per heavy atom. The van der Waals surface area contributed by atoms with Crippen LogP contribution in [0.4, 0.5) is 4.39 Å². The van der Waals surface area contributed by atoms with Gasteiger partial charge in [0, 0.05) is 48.3 Å². The number of aliphatic hydroxyl groups is 1. The predicted molar refractivity (Wildman–Crippen MR) is 131 cm³/mol. The maximum Gasteiger partial charge on any atom is 0.239 e. The van der Waals surface area contributed by atoms with E-state index in [-0.39, 0.29) is 29.3 Å². The van der Waals surface area contributed by atoms with Crippen molar-refractivity contribution in [3.8, 4) is 17.2 Å². The number of nitriles is 1. The summed E-state index contributed by atoms with van der Waals surface area (Å²) in [6.07, 6.45) is 5.04. The molecule has 0 bridgehead atoms. The number of hydrogen-bond acceptors (Lipinski definition) is 5. The lowest BCUT2D eigenvalue weighted by Gasteiger charge is -2.49. The number of aryl methyl sites for hydroxylation is 1. The molecule has 0 radical (unpaired) electrons. The average molecular weight is 476 g/mol. The van der Waals surface area contributed by atoms with Crippen LogP contribution in [-0.4, -0.2) is 51.6 Å². The zero-order valence-electron chi connectivity index (χ0n) is 20.2. The van der Waals surface area contributed by atoms with Gasteiger partial charge in [0.2, 0.25) is 5.91 Å².